The Morgan fingerprint density at radius 1 is 1.41 bits per heavy atom. The van der Waals surface area contributed by atoms with E-state index in [1.54, 1.807) is 17.5 Å². The van der Waals surface area contributed by atoms with Gasteiger partial charge in [0.1, 0.15) is 4.21 Å². The Morgan fingerprint density at radius 2 is 2.14 bits per heavy atom. The Hall–Kier alpha value is -0.920. The predicted octanol–water partition coefficient (Wildman–Crippen LogP) is 2.31. The summed E-state index contributed by atoms with van der Waals surface area (Å²) in [5, 5.41) is 4.75. The fourth-order valence-electron chi connectivity index (χ4n) is 2.42. The third-order valence-corrected chi connectivity index (χ3v) is 7.45. The Morgan fingerprint density at radius 3 is 2.73 bits per heavy atom. The zero-order valence-corrected chi connectivity index (χ0v) is 14.9. The lowest BCUT2D eigenvalue weighted by Crippen LogP contribution is -2.47. The van der Waals surface area contributed by atoms with Crippen molar-refractivity contribution in [2.24, 2.45) is 11.8 Å². The van der Waals surface area contributed by atoms with Gasteiger partial charge in [-0.3, -0.25) is 4.79 Å². The molecule has 1 amide bonds. The second kappa shape index (κ2) is 7.10. The van der Waals surface area contributed by atoms with Crippen LogP contribution in [0.5, 0.6) is 0 Å². The van der Waals surface area contributed by atoms with Gasteiger partial charge in [-0.25, -0.2) is 8.42 Å². The first kappa shape index (κ1) is 17.4. The summed E-state index contributed by atoms with van der Waals surface area (Å²) in [6.45, 7) is 6.85. The maximum atomic E-state index is 12.6. The van der Waals surface area contributed by atoms with Gasteiger partial charge in [-0.1, -0.05) is 19.9 Å². The fraction of sp³-hybridized carbons (Fsp3) is 0.667. The quantitative estimate of drug-likeness (QED) is 0.891. The molecule has 0 aliphatic carbocycles. The van der Waals surface area contributed by atoms with Crippen molar-refractivity contribution in [3.05, 3.63) is 17.5 Å². The molecule has 0 bridgehead atoms. The molecule has 0 unspecified atom stereocenters. The highest BCUT2D eigenvalue weighted by atomic mass is 32.2. The monoisotopic (exact) mass is 344 g/mol. The van der Waals surface area contributed by atoms with Crippen LogP contribution in [0, 0.1) is 11.8 Å². The summed E-state index contributed by atoms with van der Waals surface area (Å²) < 4.78 is 26.9. The van der Waals surface area contributed by atoms with Crippen molar-refractivity contribution in [3.63, 3.8) is 0 Å². The van der Waals surface area contributed by atoms with E-state index >= 15 is 0 Å². The second-order valence-electron chi connectivity index (χ2n) is 6.18. The molecule has 124 valence electrons. The number of carbonyl (C=O) groups excluding carboxylic acids is 1. The average molecular weight is 345 g/mol. The smallest absolute Gasteiger partial charge is 0.252 e. The number of hydrogen-bond acceptors (Lipinski definition) is 4. The van der Waals surface area contributed by atoms with E-state index in [9.17, 15) is 13.2 Å². The molecule has 2 atom stereocenters. The number of carbonyl (C=O) groups is 1. The van der Waals surface area contributed by atoms with Crippen molar-refractivity contribution < 1.29 is 13.2 Å². The second-order valence-corrected chi connectivity index (χ2v) is 9.29. The van der Waals surface area contributed by atoms with Gasteiger partial charge in [0.15, 0.2) is 0 Å². The van der Waals surface area contributed by atoms with Gasteiger partial charge in [0.05, 0.1) is 5.92 Å². The minimum atomic E-state index is -3.46. The molecule has 0 aromatic carbocycles. The summed E-state index contributed by atoms with van der Waals surface area (Å²) >= 11 is 1.22. The van der Waals surface area contributed by atoms with E-state index in [0.29, 0.717) is 16.7 Å². The third-order valence-electron chi connectivity index (χ3n) is 4.21. The number of hydrogen-bond donors (Lipinski definition) is 1. The number of thiophene rings is 1. The fourth-order valence-corrected chi connectivity index (χ4v) is 5.09. The lowest BCUT2D eigenvalue weighted by atomic mass is 9.97. The highest BCUT2D eigenvalue weighted by molar-refractivity contribution is 7.91. The number of rotatable bonds is 5. The molecule has 1 saturated heterocycles. The highest BCUT2D eigenvalue weighted by Crippen LogP contribution is 2.26. The Kier molecular flexibility index (Phi) is 5.63. The SMILES string of the molecule is CC(C)[C@H](C)NC(=O)[C@@H]1CCCN(S(=O)(=O)c2cccs2)C1. The van der Waals surface area contributed by atoms with Gasteiger partial charge in [0.2, 0.25) is 5.91 Å². The van der Waals surface area contributed by atoms with Crippen LogP contribution in [-0.4, -0.2) is 37.8 Å². The van der Waals surface area contributed by atoms with E-state index in [1.807, 2.05) is 6.92 Å². The molecule has 22 heavy (non-hydrogen) atoms. The zero-order chi connectivity index (χ0) is 16.3. The Bertz CT molecular complexity index is 596. The van der Waals surface area contributed by atoms with Crippen LogP contribution in [0.15, 0.2) is 21.7 Å². The Balaban J connectivity index is 2.05. The van der Waals surface area contributed by atoms with Gasteiger partial charge in [0, 0.05) is 19.1 Å². The van der Waals surface area contributed by atoms with E-state index < -0.39 is 10.0 Å². The van der Waals surface area contributed by atoms with Crippen LogP contribution in [0.2, 0.25) is 0 Å². The van der Waals surface area contributed by atoms with Gasteiger partial charge >= 0.3 is 0 Å². The van der Waals surface area contributed by atoms with E-state index in [-0.39, 0.29) is 24.4 Å². The molecule has 0 saturated carbocycles. The van der Waals surface area contributed by atoms with Crippen molar-refractivity contribution in [1.29, 1.82) is 0 Å². The Labute approximate surface area is 136 Å². The molecule has 2 heterocycles. The minimum absolute atomic E-state index is 0.0349. The molecule has 1 aliphatic rings. The van der Waals surface area contributed by atoms with E-state index in [1.165, 1.54) is 15.6 Å². The average Bonchev–Trinajstić information content (AvgIpc) is 3.02. The normalized spacial score (nSPS) is 21.7. The van der Waals surface area contributed by atoms with E-state index in [4.69, 9.17) is 0 Å². The zero-order valence-electron chi connectivity index (χ0n) is 13.3. The molecule has 0 spiro atoms. The standard InChI is InChI=1S/C15H24N2O3S2/c1-11(2)12(3)16-15(18)13-6-4-8-17(10-13)22(19,20)14-7-5-9-21-14/h5,7,9,11-13H,4,6,8,10H2,1-3H3,(H,16,18)/t12-,13+/m0/s1. The molecule has 1 aromatic rings. The molecule has 1 N–H and O–H groups in total. The number of piperidine rings is 1. The molecular formula is C15H24N2O3S2. The lowest BCUT2D eigenvalue weighted by molar-refractivity contribution is -0.127. The van der Waals surface area contributed by atoms with Crippen molar-refractivity contribution in [2.75, 3.05) is 13.1 Å². The molecule has 1 aromatic heterocycles. The lowest BCUT2D eigenvalue weighted by Gasteiger charge is -2.31. The van der Waals surface area contributed by atoms with Crippen LogP contribution in [-0.2, 0) is 14.8 Å². The van der Waals surface area contributed by atoms with Crippen LogP contribution in [0.1, 0.15) is 33.6 Å². The summed E-state index contributed by atoms with van der Waals surface area (Å²) in [6.07, 6.45) is 1.46. The molecule has 1 aliphatic heterocycles. The number of nitrogens with zero attached hydrogens (tertiary/aromatic N) is 1. The number of nitrogens with one attached hydrogen (secondary N) is 1. The minimum Gasteiger partial charge on any atom is -0.353 e. The number of amides is 1. The van der Waals surface area contributed by atoms with Crippen LogP contribution in [0.4, 0.5) is 0 Å². The van der Waals surface area contributed by atoms with Crippen LogP contribution in [0.3, 0.4) is 0 Å². The van der Waals surface area contributed by atoms with Crippen molar-refractivity contribution in [3.8, 4) is 0 Å². The van der Waals surface area contributed by atoms with Crippen molar-refractivity contribution in [2.45, 2.75) is 43.9 Å². The molecular weight excluding hydrogens is 320 g/mol. The van der Waals surface area contributed by atoms with Gasteiger partial charge < -0.3 is 5.32 Å². The summed E-state index contributed by atoms with van der Waals surface area (Å²) in [4.78, 5) is 12.3. The summed E-state index contributed by atoms with van der Waals surface area (Å²) in [6, 6.07) is 3.44. The van der Waals surface area contributed by atoms with Crippen LogP contribution >= 0.6 is 11.3 Å². The largest absolute Gasteiger partial charge is 0.353 e. The maximum Gasteiger partial charge on any atom is 0.252 e. The first-order valence-corrected chi connectivity index (χ1v) is 9.98. The van der Waals surface area contributed by atoms with E-state index in [0.717, 1.165) is 12.8 Å². The highest BCUT2D eigenvalue weighted by Gasteiger charge is 2.34. The van der Waals surface area contributed by atoms with Crippen molar-refractivity contribution in [1.82, 2.24) is 9.62 Å². The molecule has 0 radical (unpaired) electrons. The first-order valence-electron chi connectivity index (χ1n) is 7.66. The third kappa shape index (κ3) is 3.88. The topological polar surface area (TPSA) is 66.5 Å². The number of sulfonamides is 1. The molecule has 1 fully saturated rings. The van der Waals surface area contributed by atoms with Gasteiger partial charge in [0.25, 0.3) is 10.0 Å². The summed E-state index contributed by atoms with van der Waals surface area (Å²) in [7, 11) is -3.46. The first-order chi connectivity index (χ1) is 10.3. The van der Waals surface area contributed by atoms with Crippen LogP contribution < -0.4 is 5.32 Å². The van der Waals surface area contributed by atoms with Crippen molar-refractivity contribution >= 4 is 27.3 Å². The summed E-state index contributed by atoms with van der Waals surface area (Å²) in [5.74, 6) is 0.0652. The molecule has 2 rings (SSSR count). The van der Waals surface area contributed by atoms with Crippen LogP contribution in [0.25, 0.3) is 0 Å². The molecule has 7 heteroatoms. The van der Waals surface area contributed by atoms with Gasteiger partial charge in [-0.05, 0) is 37.1 Å². The molecule has 5 nitrogen and oxygen atoms in total. The predicted molar refractivity (Wildman–Crippen MR) is 88.2 cm³/mol. The summed E-state index contributed by atoms with van der Waals surface area (Å²) in [5.41, 5.74) is 0. The maximum absolute atomic E-state index is 12.6. The van der Waals surface area contributed by atoms with Gasteiger partial charge in [-0.2, -0.15) is 4.31 Å². The van der Waals surface area contributed by atoms with Gasteiger partial charge in [-0.15, -0.1) is 11.3 Å². The van der Waals surface area contributed by atoms with E-state index in [2.05, 4.69) is 19.2 Å².